The third-order valence-corrected chi connectivity index (χ3v) is 2.56. The highest BCUT2D eigenvalue weighted by Crippen LogP contribution is 2.19. The Morgan fingerprint density at radius 2 is 1.88 bits per heavy atom. The maximum Gasteiger partial charge on any atom is 0.401 e. The number of hydrogen-bond acceptors (Lipinski definition) is 3. The second-order valence-corrected chi connectivity index (χ2v) is 3.88. The van der Waals surface area contributed by atoms with Gasteiger partial charge in [-0.2, -0.15) is 13.2 Å². The van der Waals surface area contributed by atoms with Gasteiger partial charge in [0, 0.05) is 12.1 Å². The van der Waals surface area contributed by atoms with Crippen LogP contribution in [-0.2, 0) is 0 Å². The van der Waals surface area contributed by atoms with E-state index in [2.05, 4.69) is 0 Å². The molecule has 2 atom stereocenters. The molecule has 0 saturated carbocycles. The Kier molecular flexibility index (Phi) is 6.94. The van der Waals surface area contributed by atoms with E-state index in [4.69, 9.17) is 10.8 Å². The lowest BCUT2D eigenvalue weighted by Gasteiger charge is -2.33. The minimum absolute atomic E-state index is 0.224. The summed E-state index contributed by atoms with van der Waals surface area (Å²) in [6.07, 6.45) is -2.85. The van der Waals surface area contributed by atoms with Crippen LogP contribution in [0.3, 0.4) is 0 Å². The quantitative estimate of drug-likeness (QED) is 0.708. The first-order chi connectivity index (χ1) is 7.35. The van der Waals surface area contributed by atoms with Crippen molar-refractivity contribution in [2.75, 3.05) is 19.7 Å². The van der Waals surface area contributed by atoms with E-state index in [0.29, 0.717) is 6.42 Å². The molecule has 0 aromatic carbocycles. The van der Waals surface area contributed by atoms with Gasteiger partial charge < -0.3 is 10.8 Å². The molecule has 0 amide bonds. The van der Waals surface area contributed by atoms with Crippen LogP contribution in [0.25, 0.3) is 0 Å². The molecule has 98 valence electrons. The highest BCUT2D eigenvalue weighted by molar-refractivity contribution is 4.82. The van der Waals surface area contributed by atoms with E-state index >= 15 is 0 Å². The maximum atomic E-state index is 12.3. The zero-order valence-corrected chi connectivity index (χ0v) is 9.80. The smallest absolute Gasteiger partial charge is 0.395 e. The van der Waals surface area contributed by atoms with Gasteiger partial charge in [-0.3, -0.25) is 4.90 Å². The van der Waals surface area contributed by atoms with Crippen LogP contribution >= 0.6 is 0 Å². The van der Waals surface area contributed by atoms with Gasteiger partial charge in [0.15, 0.2) is 0 Å². The molecule has 0 aliphatic rings. The molecule has 0 fully saturated rings. The second kappa shape index (κ2) is 7.09. The third-order valence-electron chi connectivity index (χ3n) is 2.56. The summed E-state index contributed by atoms with van der Waals surface area (Å²) >= 11 is 0. The Morgan fingerprint density at radius 3 is 2.19 bits per heavy atom. The van der Waals surface area contributed by atoms with E-state index in [1.807, 2.05) is 6.92 Å². The first kappa shape index (κ1) is 15.7. The van der Waals surface area contributed by atoms with Gasteiger partial charge in [-0.15, -0.1) is 0 Å². The molecule has 0 aromatic heterocycles. The van der Waals surface area contributed by atoms with Gasteiger partial charge in [0.05, 0.1) is 13.2 Å². The number of nitrogens with two attached hydrogens (primary N) is 1. The van der Waals surface area contributed by atoms with E-state index in [-0.39, 0.29) is 13.2 Å². The highest BCUT2D eigenvalue weighted by atomic mass is 19.4. The number of alkyl halides is 3. The van der Waals surface area contributed by atoms with Crippen molar-refractivity contribution in [2.45, 2.75) is 44.9 Å². The Morgan fingerprint density at radius 1 is 1.31 bits per heavy atom. The molecule has 16 heavy (non-hydrogen) atoms. The molecule has 0 saturated heterocycles. The molecule has 0 spiro atoms. The topological polar surface area (TPSA) is 49.5 Å². The van der Waals surface area contributed by atoms with Crippen LogP contribution in [0.15, 0.2) is 0 Å². The van der Waals surface area contributed by atoms with Gasteiger partial charge in [0.1, 0.15) is 0 Å². The molecule has 0 rings (SSSR count). The lowest BCUT2D eigenvalue weighted by Crippen LogP contribution is -2.52. The average molecular weight is 242 g/mol. The lowest BCUT2D eigenvalue weighted by molar-refractivity contribution is -0.153. The summed E-state index contributed by atoms with van der Waals surface area (Å²) in [5, 5.41) is 9.13. The van der Waals surface area contributed by atoms with Crippen molar-refractivity contribution in [2.24, 2.45) is 5.73 Å². The zero-order valence-electron chi connectivity index (χ0n) is 9.80. The third kappa shape index (κ3) is 5.67. The normalized spacial score (nSPS) is 16.5. The van der Waals surface area contributed by atoms with Crippen molar-refractivity contribution in [3.63, 3.8) is 0 Å². The van der Waals surface area contributed by atoms with Crippen LogP contribution in [0.2, 0.25) is 0 Å². The summed E-state index contributed by atoms with van der Waals surface area (Å²) in [6.45, 7) is 2.40. The van der Waals surface area contributed by atoms with Crippen molar-refractivity contribution in [1.29, 1.82) is 0 Å². The number of rotatable bonds is 7. The summed E-state index contributed by atoms with van der Waals surface area (Å²) in [7, 11) is 0. The van der Waals surface area contributed by atoms with Crippen LogP contribution in [0, 0.1) is 0 Å². The molecule has 0 aliphatic carbocycles. The minimum Gasteiger partial charge on any atom is -0.395 e. The largest absolute Gasteiger partial charge is 0.401 e. The Hall–Kier alpha value is -0.330. The molecule has 6 heteroatoms. The predicted molar refractivity (Wildman–Crippen MR) is 57.1 cm³/mol. The van der Waals surface area contributed by atoms with Gasteiger partial charge in [0.2, 0.25) is 0 Å². The van der Waals surface area contributed by atoms with Crippen LogP contribution in [0.5, 0.6) is 0 Å². The predicted octanol–water partition coefficient (Wildman–Crippen LogP) is 1.36. The van der Waals surface area contributed by atoms with Gasteiger partial charge in [-0.05, 0) is 13.0 Å². The molecular weight excluding hydrogens is 221 g/mol. The minimum atomic E-state index is -4.25. The fourth-order valence-corrected chi connectivity index (χ4v) is 1.74. The summed E-state index contributed by atoms with van der Waals surface area (Å²) < 4.78 is 36.8. The van der Waals surface area contributed by atoms with Crippen molar-refractivity contribution >= 4 is 0 Å². The summed E-state index contributed by atoms with van der Waals surface area (Å²) in [4.78, 5) is 1.18. The number of halogens is 3. The number of likely N-dealkylation sites (N-methyl/N-ethyl adjacent to an activating group) is 1. The molecule has 0 heterocycles. The van der Waals surface area contributed by atoms with Crippen LogP contribution in [0.1, 0.15) is 26.7 Å². The summed E-state index contributed by atoms with van der Waals surface area (Å²) in [5.41, 5.74) is 5.77. The molecule has 3 nitrogen and oxygen atoms in total. The number of aliphatic hydroxyl groups is 1. The zero-order chi connectivity index (χ0) is 12.8. The highest BCUT2D eigenvalue weighted by Gasteiger charge is 2.34. The molecular formula is C10H21F3N2O. The summed E-state index contributed by atoms with van der Waals surface area (Å²) in [5.74, 6) is 0. The van der Waals surface area contributed by atoms with Crippen LogP contribution in [-0.4, -0.2) is 48.0 Å². The monoisotopic (exact) mass is 242 g/mol. The van der Waals surface area contributed by atoms with Crippen molar-refractivity contribution < 1.29 is 18.3 Å². The Balaban J connectivity index is 4.49. The number of nitrogens with zero attached hydrogens (tertiary/aromatic N) is 1. The van der Waals surface area contributed by atoms with Gasteiger partial charge in [-0.25, -0.2) is 0 Å². The number of aliphatic hydroxyl groups excluding tert-OH is 1. The summed E-state index contributed by atoms with van der Waals surface area (Å²) in [6, 6.07) is -1.04. The SMILES string of the molecule is CCCC(N)C(CO)N(CC)CC(F)(F)F. The Bertz CT molecular complexity index is 187. The van der Waals surface area contributed by atoms with Gasteiger partial charge in [-0.1, -0.05) is 20.3 Å². The van der Waals surface area contributed by atoms with Gasteiger partial charge in [0.25, 0.3) is 0 Å². The molecule has 0 bridgehead atoms. The fraction of sp³-hybridized carbons (Fsp3) is 1.00. The van der Waals surface area contributed by atoms with Crippen molar-refractivity contribution in [1.82, 2.24) is 4.90 Å². The molecule has 2 unspecified atom stereocenters. The van der Waals surface area contributed by atoms with E-state index in [1.54, 1.807) is 6.92 Å². The second-order valence-electron chi connectivity index (χ2n) is 3.88. The molecule has 3 N–H and O–H groups in total. The molecule has 0 aromatic rings. The molecule has 0 radical (unpaired) electrons. The average Bonchev–Trinajstić information content (AvgIpc) is 2.16. The van der Waals surface area contributed by atoms with E-state index in [1.165, 1.54) is 4.90 Å². The van der Waals surface area contributed by atoms with Gasteiger partial charge >= 0.3 is 6.18 Å². The standard InChI is InChI=1S/C10H21F3N2O/c1-3-5-8(14)9(6-16)15(4-2)7-10(11,12)13/h8-9,16H,3-7,14H2,1-2H3. The first-order valence-electron chi connectivity index (χ1n) is 5.52. The number of hydrogen-bond donors (Lipinski definition) is 2. The van der Waals surface area contributed by atoms with E-state index in [0.717, 1.165) is 6.42 Å². The molecule has 0 aliphatic heterocycles. The van der Waals surface area contributed by atoms with Crippen LogP contribution < -0.4 is 5.73 Å². The fourth-order valence-electron chi connectivity index (χ4n) is 1.74. The van der Waals surface area contributed by atoms with Crippen molar-refractivity contribution in [3.8, 4) is 0 Å². The van der Waals surface area contributed by atoms with E-state index < -0.39 is 24.8 Å². The van der Waals surface area contributed by atoms with Crippen molar-refractivity contribution in [3.05, 3.63) is 0 Å². The Labute approximate surface area is 94.4 Å². The first-order valence-corrected chi connectivity index (χ1v) is 5.52. The van der Waals surface area contributed by atoms with E-state index in [9.17, 15) is 13.2 Å². The lowest BCUT2D eigenvalue weighted by atomic mass is 10.0. The van der Waals surface area contributed by atoms with Crippen LogP contribution in [0.4, 0.5) is 13.2 Å². The maximum absolute atomic E-state index is 12.3.